The van der Waals surface area contributed by atoms with E-state index in [1.165, 1.54) is 17.8 Å². The molecule has 0 unspecified atom stereocenters. The Labute approximate surface area is 112 Å². The molecule has 2 rings (SSSR count). The smallest absolute Gasteiger partial charge is 0.228 e. The molecule has 0 bridgehead atoms. The van der Waals surface area contributed by atoms with Crippen LogP contribution in [0.15, 0.2) is 0 Å². The van der Waals surface area contributed by atoms with Crippen LogP contribution < -0.4 is 11.1 Å². The first-order chi connectivity index (χ1) is 8.48. The number of aryl methyl sites for hydroxylation is 2. The van der Waals surface area contributed by atoms with Crippen LogP contribution in [0.25, 0.3) is 0 Å². The minimum Gasteiger partial charge on any atom is -0.325 e. The van der Waals surface area contributed by atoms with Crippen LogP contribution in [0.3, 0.4) is 0 Å². The molecule has 1 aliphatic carbocycles. The Morgan fingerprint density at radius 1 is 1.39 bits per heavy atom. The molecule has 1 amide bonds. The van der Waals surface area contributed by atoms with Gasteiger partial charge in [-0.15, -0.1) is 11.3 Å². The molecule has 0 aliphatic heterocycles. The summed E-state index contributed by atoms with van der Waals surface area (Å²) in [6.45, 7) is 3.96. The number of thiazole rings is 1. The minimum atomic E-state index is -0.302. The Morgan fingerprint density at radius 3 is 2.61 bits per heavy atom. The molecular formula is C13H21N3OS. The second-order valence-electron chi connectivity index (χ2n) is 5.31. The van der Waals surface area contributed by atoms with Crippen molar-refractivity contribution < 1.29 is 4.79 Å². The van der Waals surface area contributed by atoms with Gasteiger partial charge >= 0.3 is 0 Å². The highest BCUT2D eigenvalue weighted by molar-refractivity contribution is 7.15. The zero-order valence-corrected chi connectivity index (χ0v) is 11.9. The zero-order chi connectivity index (χ0) is 13.2. The van der Waals surface area contributed by atoms with Gasteiger partial charge < -0.3 is 11.1 Å². The van der Waals surface area contributed by atoms with Crippen molar-refractivity contribution in [1.29, 1.82) is 0 Å². The fourth-order valence-corrected chi connectivity index (χ4v) is 3.27. The molecule has 1 aromatic heterocycles. The number of carbonyl (C=O) groups excluding carboxylic acids is 1. The molecule has 0 aromatic carbocycles. The van der Waals surface area contributed by atoms with Crippen molar-refractivity contribution in [3.8, 4) is 0 Å². The van der Waals surface area contributed by atoms with Gasteiger partial charge in [0.2, 0.25) is 5.91 Å². The number of rotatable bonds is 3. The quantitative estimate of drug-likeness (QED) is 0.884. The van der Waals surface area contributed by atoms with Gasteiger partial charge in [-0.05, 0) is 26.7 Å². The predicted octanol–water partition coefficient (Wildman–Crippen LogP) is 2.75. The third-order valence-corrected chi connectivity index (χ3v) is 4.63. The highest BCUT2D eigenvalue weighted by Gasteiger charge is 2.30. The normalized spacial score (nSPS) is 18.6. The fraction of sp³-hybridized carbons (Fsp3) is 0.692. The van der Waals surface area contributed by atoms with E-state index >= 15 is 0 Å². The molecule has 1 saturated carbocycles. The van der Waals surface area contributed by atoms with Crippen molar-refractivity contribution in [3.63, 3.8) is 0 Å². The van der Waals surface area contributed by atoms with E-state index in [-0.39, 0.29) is 11.4 Å². The second kappa shape index (κ2) is 5.36. The molecule has 4 nitrogen and oxygen atoms in total. The van der Waals surface area contributed by atoms with Crippen LogP contribution in [0, 0.1) is 13.8 Å². The highest BCUT2D eigenvalue weighted by atomic mass is 32.1. The number of carbonyl (C=O) groups is 1. The molecule has 0 spiro atoms. The topological polar surface area (TPSA) is 68.0 Å². The molecular weight excluding hydrogens is 246 g/mol. The van der Waals surface area contributed by atoms with Crippen molar-refractivity contribution >= 4 is 22.4 Å². The number of hydrogen-bond acceptors (Lipinski definition) is 4. The van der Waals surface area contributed by atoms with Crippen molar-refractivity contribution in [2.45, 2.75) is 57.9 Å². The second-order valence-corrected chi connectivity index (χ2v) is 6.51. The van der Waals surface area contributed by atoms with E-state index in [2.05, 4.69) is 10.3 Å². The molecule has 0 saturated heterocycles. The average molecular weight is 267 g/mol. The third kappa shape index (κ3) is 3.29. The first-order valence-electron chi connectivity index (χ1n) is 6.51. The monoisotopic (exact) mass is 267 g/mol. The largest absolute Gasteiger partial charge is 0.325 e. The summed E-state index contributed by atoms with van der Waals surface area (Å²) in [7, 11) is 0. The van der Waals surface area contributed by atoms with E-state index in [1.54, 1.807) is 0 Å². The molecule has 1 aromatic rings. The summed E-state index contributed by atoms with van der Waals surface area (Å²) in [6.07, 6.45) is 5.83. The van der Waals surface area contributed by atoms with Gasteiger partial charge in [0.25, 0.3) is 0 Å². The zero-order valence-electron chi connectivity index (χ0n) is 11.1. The Hall–Kier alpha value is -0.940. The molecule has 100 valence electrons. The molecule has 3 N–H and O–H groups in total. The number of nitrogens with two attached hydrogens (primary N) is 1. The lowest BCUT2D eigenvalue weighted by Gasteiger charge is -2.32. The van der Waals surface area contributed by atoms with Gasteiger partial charge in [0.1, 0.15) is 0 Å². The lowest BCUT2D eigenvalue weighted by atomic mass is 9.80. The average Bonchev–Trinajstić information content (AvgIpc) is 2.57. The van der Waals surface area contributed by atoms with Crippen LogP contribution in [-0.2, 0) is 4.79 Å². The minimum absolute atomic E-state index is 0.00634. The summed E-state index contributed by atoms with van der Waals surface area (Å²) in [4.78, 5) is 17.4. The van der Waals surface area contributed by atoms with Crippen LogP contribution in [0.2, 0.25) is 0 Å². The number of hydrogen-bond donors (Lipinski definition) is 2. The van der Waals surface area contributed by atoms with E-state index in [0.29, 0.717) is 11.6 Å². The maximum Gasteiger partial charge on any atom is 0.228 e. The number of nitrogens with one attached hydrogen (secondary N) is 1. The van der Waals surface area contributed by atoms with E-state index < -0.39 is 0 Å². The van der Waals surface area contributed by atoms with Gasteiger partial charge in [0.15, 0.2) is 5.13 Å². The van der Waals surface area contributed by atoms with Crippen molar-refractivity contribution in [2.24, 2.45) is 5.73 Å². The molecule has 0 atom stereocenters. The van der Waals surface area contributed by atoms with Gasteiger partial charge in [-0.3, -0.25) is 4.79 Å². The van der Waals surface area contributed by atoms with Gasteiger partial charge in [-0.25, -0.2) is 4.98 Å². The van der Waals surface area contributed by atoms with Gasteiger partial charge in [-0.2, -0.15) is 0 Å². The summed E-state index contributed by atoms with van der Waals surface area (Å²) in [5, 5.41) is 3.55. The molecule has 1 aliphatic rings. The van der Waals surface area contributed by atoms with Crippen LogP contribution in [-0.4, -0.2) is 16.4 Å². The molecule has 0 radical (unpaired) electrons. The number of anilines is 1. The van der Waals surface area contributed by atoms with Gasteiger partial charge in [0, 0.05) is 16.8 Å². The van der Waals surface area contributed by atoms with Crippen molar-refractivity contribution in [3.05, 3.63) is 10.6 Å². The lowest BCUT2D eigenvalue weighted by Crippen LogP contribution is -2.44. The fourth-order valence-electron chi connectivity index (χ4n) is 2.44. The molecule has 5 heteroatoms. The number of aromatic nitrogens is 1. The van der Waals surface area contributed by atoms with E-state index in [9.17, 15) is 4.79 Å². The Balaban J connectivity index is 1.92. The van der Waals surface area contributed by atoms with Crippen molar-refractivity contribution in [2.75, 3.05) is 5.32 Å². The molecule has 1 heterocycles. The summed E-state index contributed by atoms with van der Waals surface area (Å²) < 4.78 is 0. The number of amides is 1. The lowest BCUT2D eigenvalue weighted by molar-refractivity contribution is -0.117. The van der Waals surface area contributed by atoms with Gasteiger partial charge in [-0.1, -0.05) is 19.3 Å². The first-order valence-corrected chi connectivity index (χ1v) is 7.33. The van der Waals surface area contributed by atoms with Crippen LogP contribution in [0.1, 0.15) is 49.1 Å². The van der Waals surface area contributed by atoms with Crippen molar-refractivity contribution in [1.82, 2.24) is 4.98 Å². The van der Waals surface area contributed by atoms with E-state index in [4.69, 9.17) is 5.73 Å². The Kier molecular flexibility index (Phi) is 4.02. The van der Waals surface area contributed by atoms with Gasteiger partial charge in [0.05, 0.1) is 5.69 Å². The van der Waals surface area contributed by atoms with Crippen LogP contribution in [0.5, 0.6) is 0 Å². The van der Waals surface area contributed by atoms with Crippen LogP contribution in [0.4, 0.5) is 5.13 Å². The highest BCUT2D eigenvalue weighted by Crippen LogP contribution is 2.29. The SMILES string of the molecule is Cc1nc(NC(=O)CC2(N)CCCCC2)sc1C. The maximum absolute atomic E-state index is 12.0. The summed E-state index contributed by atoms with van der Waals surface area (Å²) in [5.41, 5.74) is 6.95. The van der Waals surface area contributed by atoms with E-state index in [1.807, 2.05) is 13.8 Å². The van der Waals surface area contributed by atoms with Crippen LogP contribution >= 0.6 is 11.3 Å². The first kappa shape index (κ1) is 13.5. The summed E-state index contributed by atoms with van der Waals surface area (Å²) in [6, 6.07) is 0. The summed E-state index contributed by atoms with van der Waals surface area (Å²) in [5.74, 6) is -0.00634. The maximum atomic E-state index is 12.0. The molecule has 18 heavy (non-hydrogen) atoms. The number of nitrogens with zero attached hydrogens (tertiary/aromatic N) is 1. The Bertz CT molecular complexity index is 416. The summed E-state index contributed by atoms with van der Waals surface area (Å²) >= 11 is 1.52. The Morgan fingerprint density at radius 2 is 2.06 bits per heavy atom. The molecule has 1 fully saturated rings. The third-order valence-electron chi connectivity index (χ3n) is 3.64. The van der Waals surface area contributed by atoms with E-state index in [0.717, 1.165) is 36.3 Å². The predicted molar refractivity (Wildman–Crippen MR) is 74.8 cm³/mol. The standard InChI is InChI=1S/C13H21N3OS/c1-9-10(2)18-12(15-9)16-11(17)8-13(14)6-4-3-5-7-13/h3-8,14H2,1-2H3,(H,15,16,17).